The first-order valence-corrected chi connectivity index (χ1v) is 5.39. The maximum absolute atomic E-state index is 5.36. The fourth-order valence-corrected chi connectivity index (χ4v) is 1.36. The molecule has 1 N–H and O–H groups in total. The molecule has 1 rings (SSSR count). The first-order chi connectivity index (χ1) is 7.03. The van der Waals surface area contributed by atoms with Gasteiger partial charge >= 0.3 is 0 Å². The summed E-state index contributed by atoms with van der Waals surface area (Å²) in [6.45, 7) is 7.24. The summed E-state index contributed by atoms with van der Waals surface area (Å²) in [6.07, 6.45) is 0.997. The van der Waals surface area contributed by atoms with Crippen LogP contribution in [-0.2, 0) is 4.74 Å². The van der Waals surface area contributed by atoms with Crippen LogP contribution in [0.15, 0.2) is 24.3 Å². The third-order valence-electron chi connectivity index (χ3n) is 2.63. The van der Waals surface area contributed by atoms with Gasteiger partial charge in [0.1, 0.15) is 0 Å². The molecule has 0 saturated heterocycles. The Morgan fingerprint density at radius 1 is 1.33 bits per heavy atom. The standard InChI is InChI=1S/C13H21NO/c1-11-6-5-7-12(10-11)14-9-8-13(2,3)15-4/h5-7,10,14H,8-9H2,1-4H3. The highest BCUT2D eigenvalue weighted by molar-refractivity contribution is 5.45. The lowest BCUT2D eigenvalue weighted by atomic mass is 10.1. The molecule has 0 saturated carbocycles. The number of hydrogen-bond acceptors (Lipinski definition) is 2. The fourth-order valence-electron chi connectivity index (χ4n) is 1.36. The second-order valence-electron chi connectivity index (χ2n) is 4.51. The van der Waals surface area contributed by atoms with Gasteiger partial charge in [0.15, 0.2) is 0 Å². The van der Waals surface area contributed by atoms with Crippen molar-refractivity contribution in [3.05, 3.63) is 29.8 Å². The van der Waals surface area contributed by atoms with Crippen LogP contribution in [0.5, 0.6) is 0 Å². The van der Waals surface area contributed by atoms with Crippen LogP contribution in [0.1, 0.15) is 25.8 Å². The largest absolute Gasteiger partial charge is 0.385 e. The average molecular weight is 207 g/mol. The van der Waals surface area contributed by atoms with Crippen molar-refractivity contribution in [2.75, 3.05) is 19.0 Å². The van der Waals surface area contributed by atoms with Gasteiger partial charge < -0.3 is 10.1 Å². The molecule has 0 spiro atoms. The third-order valence-corrected chi connectivity index (χ3v) is 2.63. The highest BCUT2D eigenvalue weighted by Crippen LogP contribution is 2.14. The zero-order valence-electron chi connectivity index (χ0n) is 10.1. The van der Waals surface area contributed by atoms with E-state index in [2.05, 4.69) is 50.4 Å². The van der Waals surface area contributed by atoms with Crippen molar-refractivity contribution in [2.45, 2.75) is 32.8 Å². The number of benzene rings is 1. The van der Waals surface area contributed by atoms with E-state index >= 15 is 0 Å². The molecule has 0 aliphatic carbocycles. The van der Waals surface area contributed by atoms with Crippen molar-refractivity contribution >= 4 is 5.69 Å². The zero-order chi connectivity index (χ0) is 11.3. The normalized spacial score (nSPS) is 11.5. The van der Waals surface area contributed by atoms with E-state index in [-0.39, 0.29) is 5.60 Å². The lowest BCUT2D eigenvalue weighted by Gasteiger charge is -2.23. The Bertz CT molecular complexity index is 307. The molecule has 2 nitrogen and oxygen atoms in total. The molecule has 0 radical (unpaired) electrons. The van der Waals surface area contributed by atoms with Gasteiger partial charge in [0.2, 0.25) is 0 Å². The number of aryl methyl sites for hydroxylation is 1. The molecule has 0 atom stereocenters. The van der Waals surface area contributed by atoms with Crippen LogP contribution in [0.4, 0.5) is 5.69 Å². The molecule has 0 bridgehead atoms. The summed E-state index contributed by atoms with van der Waals surface area (Å²) < 4.78 is 5.36. The number of hydrogen-bond donors (Lipinski definition) is 1. The van der Waals surface area contributed by atoms with Crippen LogP contribution in [0.25, 0.3) is 0 Å². The molecular weight excluding hydrogens is 186 g/mol. The van der Waals surface area contributed by atoms with Crippen molar-refractivity contribution in [2.24, 2.45) is 0 Å². The molecular formula is C13H21NO. The smallest absolute Gasteiger partial charge is 0.0639 e. The maximum Gasteiger partial charge on any atom is 0.0639 e. The van der Waals surface area contributed by atoms with E-state index in [4.69, 9.17) is 4.74 Å². The van der Waals surface area contributed by atoms with Gasteiger partial charge in [-0.3, -0.25) is 0 Å². The highest BCUT2D eigenvalue weighted by Gasteiger charge is 2.14. The van der Waals surface area contributed by atoms with E-state index in [0.717, 1.165) is 13.0 Å². The Morgan fingerprint density at radius 2 is 2.07 bits per heavy atom. The first-order valence-electron chi connectivity index (χ1n) is 5.39. The van der Waals surface area contributed by atoms with Gasteiger partial charge in [-0.15, -0.1) is 0 Å². The molecule has 0 fully saturated rings. The van der Waals surface area contributed by atoms with Crippen molar-refractivity contribution in [3.63, 3.8) is 0 Å². The summed E-state index contributed by atoms with van der Waals surface area (Å²) in [4.78, 5) is 0. The van der Waals surface area contributed by atoms with Gasteiger partial charge in [-0.25, -0.2) is 0 Å². The van der Waals surface area contributed by atoms with E-state index in [1.165, 1.54) is 11.3 Å². The molecule has 0 unspecified atom stereocenters. The molecule has 1 aromatic carbocycles. The van der Waals surface area contributed by atoms with Crippen LogP contribution in [0.2, 0.25) is 0 Å². The van der Waals surface area contributed by atoms with E-state index in [1.54, 1.807) is 7.11 Å². The van der Waals surface area contributed by atoms with Gasteiger partial charge in [-0.1, -0.05) is 12.1 Å². The predicted molar refractivity (Wildman–Crippen MR) is 65.4 cm³/mol. The molecule has 15 heavy (non-hydrogen) atoms. The van der Waals surface area contributed by atoms with Crippen molar-refractivity contribution in [1.29, 1.82) is 0 Å². The third kappa shape index (κ3) is 4.34. The van der Waals surface area contributed by atoms with Crippen LogP contribution in [-0.4, -0.2) is 19.3 Å². The topological polar surface area (TPSA) is 21.3 Å². The zero-order valence-corrected chi connectivity index (χ0v) is 10.1. The molecule has 0 amide bonds. The summed E-state index contributed by atoms with van der Waals surface area (Å²) in [5.41, 5.74) is 2.42. The molecule has 0 aromatic heterocycles. The van der Waals surface area contributed by atoms with Crippen molar-refractivity contribution in [1.82, 2.24) is 0 Å². The number of methoxy groups -OCH3 is 1. The second-order valence-corrected chi connectivity index (χ2v) is 4.51. The van der Waals surface area contributed by atoms with Gasteiger partial charge in [-0.05, 0) is 44.9 Å². The highest BCUT2D eigenvalue weighted by atomic mass is 16.5. The Labute approximate surface area is 92.6 Å². The van der Waals surface area contributed by atoms with E-state index in [1.807, 2.05) is 0 Å². The molecule has 2 heteroatoms. The monoisotopic (exact) mass is 207 g/mol. The second kappa shape index (κ2) is 5.17. The van der Waals surface area contributed by atoms with Crippen LogP contribution < -0.4 is 5.32 Å². The molecule has 0 aliphatic heterocycles. The SMILES string of the molecule is COC(C)(C)CCNc1cccc(C)c1. The van der Waals surface area contributed by atoms with E-state index in [9.17, 15) is 0 Å². The first kappa shape index (κ1) is 12.1. The quantitative estimate of drug-likeness (QED) is 0.800. The summed E-state index contributed by atoms with van der Waals surface area (Å²) in [6, 6.07) is 8.41. The van der Waals surface area contributed by atoms with E-state index < -0.39 is 0 Å². The summed E-state index contributed by atoms with van der Waals surface area (Å²) in [5.74, 6) is 0. The van der Waals surface area contributed by atoms with E-state index in [0.29, 0.717) is 0 Å². The Morgan fingerprint density at radius 3 is 2.67 bits per heavy atom. The summed E-state index contributed by atoms with van der Waals surface area (Å²) in [7, 11) is 1.76. The number of rotatable bonds is 5. The van der Waals surface area contributed by atoms with Gasteiger partial charge in [0.05, 0.1) is 5.60 Å². The van der Waals surface area contributed by atoms with Crippen LogP contribution >= 0.6 is 0 Å². The predicted octanol–water partition coefficient (Wildman–Crippen LogP) is 3.22. The minimum Gasteiger partial charge on any atom is -0.385 e. The van der Waals surface area contributed by atoms with Crippen LogP contribution in [0.3, 0.4) is 0 Å². The van der Waals surface area contributed by atoms with Gasteiger partial charge in [0, 0.05) is 19.3 Å². The lowest BCUT2D eigenvalue weighted by molar-refractivity contribution is 0.0185. The minimum atomic E-state index is -0.0448. The molecule has 0 aliphatic rings. The Balaban J connectivity index is 2.38. The van der Waals surface area contributed by atoms with Crippen LogP contribution in [0, 0.1) is 6.92 Å². The number of ether oxygens (including phenoxy) is 1. The molecule has 0 heterocycles. The Hall–Kier alpha value is -1.02. The maximum atomic E-state index is 5.36. The minimum absolute atomic E-state index is 0.0448. The van der Waals surface area contributed by atoms with Crippen molar-refractivity contribution in [3.8, 4) is 0 Å². The molecule has 84 valence electrons. The number of anilines is 1. The molecule has 1 aromatic rings. The lowest BCUT2D eigenvalue weighted by Crippen LogP contribution is -2.25. The number of nitrogens with one attached hydrogen (secondary N) is 1. The Kier molecular flexibility index (Phi) is 4.15. The summed E-state index contributed by atoms with van der Waals surface area (Å²) >= 11 is 0. The van der Waals surface area contributed by atoms with Gasteiger partial charge in [0.25, 0.3) is 0 Å². The van der Waals surface area contributed by atoms with Gasteiger partial charge in [-0.2, -0.15) is 0 Å². The van der Waals surface area contributed by atoms with Crippen molar-refractivity contribution < 1.29 is 4.74 Å². The summed E-state index contributed by atoms with van der Waals surface area (Å²) in [5, 5.41) is 3.40. The average Bonchev–Trinajstić information content (AvgIpc) is 2.18. The fraction of sp³-hybridized carbons (Fsp3) is 0.538.